The minimum absolute atomic E-state index is 0.169. The Morgan fingerprint density at radius 2 is 1.17 bits per heavy atom. The Kier molecular flexibility index (Phi) is 3.72. The van der Waals surface area contributed by atoms with Gasteiger partial charge >= 0.3 is 0 Å². The van der Waals surface area contributed by atoms with Gasteiger partial charge in [0.05, 0.1) is 11.4 Å². The molecule has 4 saturated carbocycles. The lowest BCUT2D eigenvalue weighted by Gasteiger charge is -2.64. The van der Waals surface area contributed by atoms with Crippen molar-refractivity contribution >= 4 is 38.9 Å². The standard InChI is InChI=1S/C34H30N2/c1-4-10-30-26(7-1)27-20-25(13-14-31(27)35-30)36-32-11-5-2-8-28(32)34(29-9-3-6-12-33(29)36)23-16-21-15-22(18-23)19-24(34)17-21/h1-14,20-24,35H,15-19H2. The average molecular weight is 467 g/mol. The summed E-state index contributed by atoms with van der Waals surface area (Å²) in [6.07, 6.45) is 7.14. The van der Waals surface area contributed by atoms with Gasteiger partial charge in [-0.3, -0.25) is 0 Å². The molecular formula is C34H30N2. The molecule has 0 radical (unpaired) electrons. The fraction of sp³-hybridized carbons (Fsp3) is 0.294. The lowest BCUT2D eigenvalue weighted by atomic mass is 9.41. The predicted octanol–water partition coefficient (Wildman–Crippen LogP) is 8.85. The van der Waals surface area contributed by atoms with Crippen molar-refractivity contribution in [1.29, 1.82) is 0 Å². The van der Waals surface area contributed by atoms with E-state index in [1.807, 2.05) is 0 Å². The molecule has 4 fully saturated rings. The van der Waals surface area contributed by atoms with Gasteiger partial charge in [-0.15, -0.1) is 0 Å². The minimum Gasteiger partial charge on any atom is -0.355 e. The molecule has 1 N–H and O–H groups in total. The summed E-state index contributed by atoms with van der Waals surface area (Å²) in [5.41, 5.74) is 9.78. The number of rotatable bonds is 1. The molecule has 2 heteroatoms. The van der Waals surface area contributed by atoms with E-state index in [-0.39, 0.29) is 5.41 Å². The van der Waals surface area contributed by atoms with E-state index in [1.165, 1.54) is 71.0 Å². The number of hydrogen-bond donors (Lipinski definition) is 1. The first-order valence-electron chi connectivity index (χ1n) is 13.8. The van der Waals surface area contributed by atoms with Gasteiger partial charge in [0.2, 0.25) is 0 Å². The molecule has 5 aromatic rings. The summed E-state index contributed by atoms with van der Waals surface area (Å²) >= 11 is 0. The summed E-state index contributed by atoms with van der Waals surface area (Å²) in [6, 6.07) is 34.4. The molecule has 10 rings (SSSR count). The molecule has 4 bridgehead atoms. The van der Waals surface area contributed by atoms with E-state index in [1.54, 1.807) is 11.1 Å². The van der Waals surface area contributed by atoms with Gasteiger partial charge in [-0.05, 0) is 103 Å². The molecule has 2 nitrogen and oxygen atoms in total. The SMILES string of the molecule is c1ccc2c(c1)N(c1ccc3[nH]c4ccccc4c3c1)c1ccccc1C21C2CC3CC(C2)CC1C3. The predicted molar refractivity (Wildman–Crippen MR) is 148 cm³/mol. The Morgan fingerprint density at radius 3 is 1.86 bits per heavy atom. The highest BCUT2D eigenvalue weighted by Gasteiger charge is 2.61. The molecule has 0 atom stereocenters. The van der Waals surface area contributed by atoms with Crippen molar-refractivity contribution in [3.05, 3.63) is 102 Å². The molecule has 5 aliphatic rings. The van der Waals surface area contributed by atoms with Crippen molar-refractivity contribution in [2.24, 2.45) is 23.7 Å². The van der Waals surface area contributed by atoms with Crippen LogP contribution in [0.2, 0.25) is 0 Å². The molecule has 2 heterocycles. The fourth-order valence-corrected chi connectivity index (χ4v) is 9.37. The van der Waals surface area contributed by atoms with E-state index in [2.05, 4.69) is 101 Å². The number of aromatic nitrogens is 1. The highest BCUT2D eigenvalue weighted by atomic mass is 15.2. The maximum absolute atomic E-state index is 3.61. The largest absolute Gasteiger partial charge is 0.355 e. The quantitative estimate of drug-likeness (QED) is 0.261. The van der Waals surface area contributed by atoms with Crippen molar-refractivity contribution < 1.29 is 0 Å². The van der Waals surface area contributed by atoms with Crippen LogP contribution in [0, 0.1) is 23.7 Å². The van der Waals surface area contributed by atoms with E-state index in [4.69, 9.17) is 0 Å². The van der Waals surface area contributed by atoms with Crippen molar-refractivity contribution in [1.82, 2.24) is 4.98 Å². The number of anilines is 3. The summed E-state index contributed by atoms with van der Waals surface area (Å²) in [5, 5.41) is 2.60. The Morgan fingerprint density at radius 1 is 0.583 bits per heavy atom. The normalized spacial score (nSPS) is 27.1. The Balaban J connectivity index is 1.31. The molecule has 0 amide bonds. The first kappa shape index (κ1) is 19.6. The van der Waals surface area contributed by atoms with Crippen LogP contribution in [0.4, 0.5) is 17.1 Å². The summed E-state index contributed by atoms with van der Waals surface area (Å²) in [4.78, 5) is 6.17. The zero-order valence-corrected chi connectivity index (χ0v) is 20.5. The first-order chi connectivity index (χ1) is 17.8. The number of H-pyrrole nitrogens is 1. The van der Waals surface area contributed by atoms with Gasteiger partial charge in [0.25, 0.3) is 0 Å². The van der Waals surface area contributed by atoms with Crippen molar-refractivity contribution in [2.45, 2.75) is 37.5 Å². The molecule has 4 aromatic carbocycles. The van der Waals surface area contributed by atoms with E-state index in [0.717, 1.165) is 23.7 Å². The van der Waals surface area contributed by atoms with Crippen LogP contribution in [-0.4, -0.2) is 4.98 Å². The van der Waals surface area contributed by atoms with Gasteiger partial charge in [0.1, 0.15) is 0 Å². The topological polar surface area (TPSA) is 19.0 Å². The van der Waals surface area contributed by atoms with Gasteiger partial charge < -0.3 is 9.88 Å². The zero-order valence-electron chi connectivity index (χ0n) is 20.5. The van der Waals surface area contributed by atoms with Crippen LogP contribution >= 0.6 is 0 Å². The highest BCUT2D eigenvalue weighted by molar-refractivity contribution is 6.09. The van der Waals surface area contributed by atoms with Crippen LogP contribution in [-0.2, 0) is 5.41 Å². The molecule has 176 valence electrons. The minimum atomic E-state index is 0.169. The average Bonchev–Trinajstić information content (AvgIpc) is 3.28. The number of fused-ring (bicyclic) bond motifs is 5. The third-order valence-electron chi connectivity index (χ3n) is 10.4. The van der Waals surface area contributed by atoms with Crippen LogP contribution in [0.5, 0.6) is 0 Å². The van der Waals surface area contributed by atoms with Gasteiger partial charge in [0, 0.05) is 32.9 Å². The molecule has 1 aromatic heterocycles. The zero-order chi connectivity index (χ0) is 23.4. The Hall–Kier alpha value is -3.52. The molecular weight excluding hydrogens is 436 g/mol. The molecule has 1 spiro atoms. The van der Waals surface area contributed by atoms with Crippen molar-refractivity contribution in [3.8, 4) is 0 Å². The molecule has 1 aliphatic heterocycles. The highest BCUT2D eigenvalue weighted by Crippen LogP contribution is 2.69. The number of benzene rings is 4. The number of nitrogens with one attached hydrogen (secondary N) is 1. The molecule has 0 saturated heterocycles. The fourth-order valence-electron chi connectivity index (χ4n) is 9.37. The number of hydrogen-bond acceptors (Lipinski definition) is 1. The third kappa shape index (κ3) is 2.34. The van der Waals surface area contributed by atoms with Crippen LogP contribution in [0.1, 0.15) is 43.2 Å². The summed E-state index contributed by atoms with van der Waals surface area (Å²) in [7, 11) is 0. The third-order valence-corrected chi connectivity index (χ3v) is 10.4. The number of aromatic amines is 1. The second-order valence-corrected chi connectivity index (χ2v) is 11.9. The Labute approximate surface area is 212 Å². The molecule has 4 aliphatic carbocycles. The maximum atomic E-state index is 3.61. The van der Waals surface area contributed by atoms with E-state index in [9.17, 15) is 0 Å². The van der Waals surface area contributed by atoms with Crippen molar-refractivity contribution in [2.75, 3.05) is 4.90 Å². The lowest BCUT2D eigenvalue weighted by molar-refractivity contribution is -0.0419. The van der Waals surface area contributed by atoms with Crippen LogP contribution in [0.25, 0.3) is 21.8 Å². The Bertz CT molecular complexity index is 1600. The number of nitrogens with zero attached hydrogens (tertiary/aromatic N) is 1. The smallest absolute Gasteiger partial charge is 0.0503 e. The van der Waals surface area contributed by atoms with E-state index in [0.29, 0.717) is 0 Å². The van der Waals surface area contributed by atoms with Crippen LogP contribution in [0.15, 0.2) is 91.0 Å². The first-order valence-corrected chi connectivity index (χ1v) is 13.8. The van der Waals surface area contributed by atoms with Gasteiger partial charge in [-0.1, -0.05) is 54.6 Å². The summed E-state index contributed by atoms with van der Waals surface area (Å²) in [5.74, 6) is 3.46. The van der Waals surface area contributed by atoms with E-state index < -0.39 is 0 Å². The number of para-hydroxylation sites is 3. The summed E-state index contributed by atoms with van der Waals surface area (Å²) < 4.78 is 0. The van der Waals surface area contributed by atoms with Gasteiger partial charge in [-0.2, -0.15) is 0 Å². The second kappa shape index (κ2) is 6.82. The molecule has 36 heavy (non-hydrogen) atoms. The van der Waals surface area contributed by atoms with Crippen LogP contribution < -0.4 is 4.90 Å². The van der Waals surface area contributed by atoms with Gasteiger partial charge in [-0.25, -0.2) is 0 Å². The second-order valence-electron chi connectivity index (χ2n) is 11.9. The lowest BCUT2D eigenvalue weighted by Crippen LogP contribution is -2.57. The maximum Gasteiger partial charge on any atom is 0.0503 e. The summed E-state index contributed by atoms with van der Waals surface area (Å²) in [6.45, 7) is 0. The van der Waals surface area contributed by atoms with Gasteiger partial charge in [0.15, 0.2) is 0 Å². The molecule has 0 unspecified atom stereocenters. The van der Waals surface area contributed by atoms with Crippen molar-refractivity contribution in [3.63, 3.8) is 0 Å². The van der Waals surface area contributed by atoms with E-state index >= 15 is 0 Å². The monoisotopic (exact) mass is 466 g/mol. The van der Waals surface area contributed by atoms with Crippen LogP contribution in [0.3, 0.4) is 0 Å².